The zero-order valence-corrected chi connectivity index (χ0v) is 27.4. The van der Waals surface area contributed by atoms with Crippen molar-refractivity contribution in [2.75, 3.05) is 0 Å². The first kappa shape index (κ1) is 38.0. The number of carboxylic acid groups (broad SMARTS) is 2. The van der Waals surface area contributed by atoms with Crippen molar-refractivity contribution in [1.82, 2.24) is 41.2 Å². The van der Waals surface area contributed by atoms with Crippen LogP contribution in [0.15, 0.2) is 53.0 Å². The van der Waals surface area contributed by atoms with Crippen LogP contribution >= 0.6 is 15.9 Å². The molecule has 0 aliphatic carbocycles. The van der Waals surface area contributed by atoms with E-state index in [1.54, 1.807) is 36.4 Å². The molecule has 0 bridgehead atoms. The molecule has 250 valence electrons. The molecule has 16 heteroatoms. The molecule has 0 aliphatic heterocycles. The average molecular weight is 712 g/mol. The minimum Gasteiger partial charge on any atom is -0.481 e. The van der Waals surface area contributed by atoms with Gasteiger partial charge in [0.05, 0.1) is 16.3 Å². The largest absolute Gasteiger partial charge is 0.481 e. The van der Waals surface area contributed by atoms with Gasteiger partial charge in [0, 0.05) is 18.3 Å². The summed E-state index contributed by atoms with van der Waals surface area (Å²) in [6, 6.07) is 13.8. The lowest BCUT2D eigenvalue weighted by Crippen LogP contribution is -2.27. The van der Waals surface area contributed by atoms with Gasteiger partial charge in [0.15, 0.2) is 11.6 Å². The number of H-pyrrole nitrogens is 2. The molecule has 2 heterocycles. The van der Waals surface area contributed by atoms with Gasteiger partial charge in [-0.05, 0) is 64.4 Å². The maximum absolute atomic E-state index is 13.7. The highest BCUT2D eigenvalue weighted by Crippen LogP contribution is 2.32. The van der Waals surface area contributed by atoms with E-state index in [1.807, 2.05) is 33.8 Å². The number of halogens is 4. The molecule has 0 radical (unpaired) electrons. The van der Waals surface area contributed by atoms with E-state index in [4.69, 9.17) is 0 Å². The fourth-order valence-corrected chi connectivity index (χ4v) is 5.09. The number of tetrazole rings is 2. The number of rotatable bonds is 14. The summed E-state index contributed by atoms with van der Waals surface area (Å²) in [5, 5.41) is 45.8. The van der Waals surface area contributed by atoms with Crippen LogP contribution in [0.3, 0.4) is 0 Å². The van der Waals surface area contributed by atoms with Gasteiger partial charge in [0.2, 0.25) is 6.43 Å². The quantitative estimate of drug-likeness (QED) is 0.120. The number of aliphatic carboxylic acids is 2. The predicted molar refractivity (Wildman–Crippen MR) is 165 cm³/mol. The molecule has 2 aromatic heterocycles. The lowest BCUT2D eigenvalue weighted by Gasteiger charge is -2.23. The molecule has 4 atom stereocenters. The SMILES string of the molecule is CC.CC(C)C[C@H](C(=O)O)[C@H](Cc1ccc(Br)c(F)c1)c1nn[nH]n1.O=C(O)[C@@H](CC(F)F)[C@H](Cc1ccccc1)c1nn[nH]n1. The van der Waals surface area contributed by atoms with Gasteiger partial charge in [0.25, 0.3) is 0 Å². The zero-order chi connectivity index (χ0) is 34.2. The molecular formula is C30H38BrF3N8O4. The molecule has 12 nitrogen and oxygen atoms in total. The Bertz CT molecular complexity index is 1450. The topological polar surface area (TPSA) is 184 Å². The maximum Gasteiger partial charge on any atom is 0.307 e. The highest BCUT2D eigenvalue weighted by Gasteiger charge is 2.35. The third-order valence-corrected chi connectivity index (χ3v) is 7.53. The van der Waals surface area contributed by atoms with Crippen LogP contribution < -0.4 is 0 Å². The molecule has 0 saturated heterocycles. The lowest BCUT2D eigenvalue weighted by atomic mass is 9.81. The minimum atomic E-state index is -2.71. The monoisotopic (exact) mass is 710 g/mol. The first-order valence-electron chi connectivity index (χ1n) is 14.6. The van der Waals surface area contributed by atoms with E-state index in [0.717, 1.165) is 5.56 Å². The highest BCUT2D eigenvalue weighted by atomic mass is 79.9. The van der Waals surface area contributed by atoms with Gasteiger partial charge in [0.1, 0.15) is 5.82 Å². The zero-order valence-electron chi connectivity index (χ0n) is 25.8. The van der Waals surface area contributed by atoms with Gasteiger partial charge < -0.3 is 10.2 Å². The second-order valence-corrected chi connectivity index (χ2v) is 11.4. The van der Waals surface area contributed by atoms with E-state index in [-0.39, 0.29) is 24.0 Å². The van der Waals surface area contributed by atoms with Gasteiger partial charge in [-0.3, -0.25) is 9.59 Å². The molecule has 0 spiro atoms. The highest BCUT2D eigenvalue weighted by molar-refractivity contribution is 9.10. The van der Waals surface area contributed by atoms with Gasteiger partial charge in [-0.15, -0.1) is 20.4 Å². The number of carboxylic acids is 2. The number of alkyl halides is 2. The third kappa shape index (κ3) is 11.9. The molecule has 0 amide bonds. The second-order valence-electron chi connectivity index (χ2n) is 10.5. The Hall–Kier alpha value is -4.21. The van der Waals surface area contributed by atoms with Gasteiger partial charge in [-0.25, -0.2) is 13.2 Å². The van der Waals surface area contributed by atoms with Crippen LogP contribution in [-0.2, 0) is 22.4 Å². The summed E-state index contributed by atoms with van der Waals surface area (Å²) in [6.07, 6.45) is -2.40. The van der Waals surface area contributed by atoms with E-state index >= 15 is 0 Å². The second kappa shape index (κ2) is 19.3. The number of carbonyl (C=O) groups is 2. The summed E-state index contributed by atoms with van der Waals surface area (Å²) in [7, 11) is 0. The van der Waals surface area contributed by atoms with Crippen LogP contribution in [0.2, 0.25) is 0 Å². The first-order valence-corrected chi connectivity index (χ1v) is 15.4. The summed E-state index contributed by atoms with van der Waals surface area (Å²) in [4.78, 5) is 23.1. The maximum atomic E-state index is 13.7. The van der Waals surface area contributed by atoms with Gasteiger partial charge in [-0.1, -0.05) is 74.5 Å². The van der Waals surface area contributed by atoms with E-state index in [9.17, 15) is 33.0 Å². The normalized spacial score (nSPS) is 13.5. The van der Waals surface area contributed by atoms with Crippen LogP contribution in [0.25, 0.3) is 0 Å². The number of nitrogens with one attached hydrogen (secondary N) is 2. The van der Waals surface area contributed by atoms with Gasteiger partial charge >= 0.3 is 11.9 Å². The van der Waals surface area contributed by atoms with Crippen molar-refractivity contribution in [2.45, 2.75) is 71.6 Å². The smallest absolute Gasteiger partial charge is 0.307 e. The van der Waals surface area contributed by atoms with Crippen molar-refractivity contribution in [3.8, 4) is 0 Å². The van der Waals surface area contributed by atoms with Crippen molar-refractivity contribution in [2.24, 2.45) is 17.8 Å². The molecule has 0 fully saturated rings. The lowest BCUT2D eigenvalue weighted by molar-refractivity contribution is -0.144. The Morgan fingerprint density at radius 1 is 0.804 bits per heavy atom. The molecule has 4 aromatic rings. The van der Waals surface area contributed by atoms with E-state index < -0.39 is 48.5 Å². The molecule has 0 aliphatic rings. The number of aromatic nitrogens is 8. The van der Waals surface area contributed by atoms with E-state index in [0.29, 0.717) is 28.7 Å². The van der Waals surface area contributed by atoms with E-state index in [1.165, 1.54) is 6.07 Å². The Labute approximate surface area is 272 Å². The van der Waals surface area contributed by atoms with Crippen LogP contribution in [0.5, 0.6) is 0 Å². The molecule has 2 aromatic carbocycles. The molecule has 46 heavy (non-hydrogen) atoms. The number of hydrogen-bond donors (Lipinski definition) is 4. The van der Waals surface area contributed by atoms with Crippen LogP contribution in [0.1, 0.15) is 75.1 Å². The van der Waals surface area contributed by atoms with Crippen molar-refractivity contribution >= 4 is 27.9 Å². The fraction of sp³-hybridized carbons (Fsp3) is 0.467. The van der Waals surface area contributed by atoms with Crippen molar-refractivity contribution in [3.05, 3.63) is 81.6 Å². The van der Waals surface area contributed by atoms with Crippen LogP contribution in [0, 0.1) is 23.6 Å². The van der Waals surface area contributed by atoms with Crippen molar-refractivity contribution < 1.29 is 33.0 Å². The van der Waals surface area contributed by atoms with E-state index in [2.05, 4.69) is 57.2 Å². The summed E-state index contributed by atoms with van der Waals surface area (Å²) in [5.41, 5.74) is 1.52. The molecular weight excluding hydrogens is 673 g/mol. The Morgan fingerprint density at radius 3 is 1.72 bits per heavy atom. The van der Waals surface area contributed by atoms with Crippen molar-refractivity contribution in [3.63, 3.8) is 0 Å². The number of benzene rings is 2. The standard InChI is InChI=1S/C15H18BrFN4O2.C13H14F2N4O2.C2H6/c1-8(2)5-11(15(22)23)10(14-18-20-21-19-14)6-9-3-4-12(16)13(17)7-9;14-11(15)7-10(13(20)21)9(12-16-18-19-17-12)6-8-4-2-1-3-5-8;1-2/h3-4,7-8,10-11H,5-6H2,1-2H3,(H,22,23)(H,18,19,20,21);1-5,9-11H,6-7H2,(H,20,21)(H,16,17,18,19);1-2H3/t10-,11-;9-,10-;/m00./s1. The minimum absolute atomic E-state index is 0.131. The number of hydrogen-bond acceptors (Lipinski definition) is 8. The molecule has 0 unspecified atom stereocenters. The third-order valence-electron chi connectivity index (χ3n) is 6.89. The number of aromatic amines is 2. The fourth-order valence-electron chi connectivity index (χ4n) is 4.84. The predicted octanol–water partition coefficient (Wildman–Crippen LogP) is 6.08. The summed E-state index contributed by atoms with van der Waals surface area (Å²) >= 11 is 3.11. The Morgan fingerprint density at radius 2 is 1.30 bits per heavy atom. The Kier molecular flexibility index (Phi) is 16.0. The first-order chi connectivity index (χ1) is 22.0. The van der Waals surface area contributed by atoms with Gasteiger partial charge in [-0.2, -0.15) is 10.4 Å². The Balaban J connectivity index is 0.000000305. The summed E-state index contributed by atoms with van der Waals surface area (Å²) in [5.74, 6) is -5.10. The van der Waals surface area contributed by atoms with Crippen LogP contribution in [-0.4, -0.2) is 69.8 Å². The molecule has 4 N–H and O–H groups in total. The van der Waals surface area contributed by atoms with Crippen molar-refractivity contribution in [1.29, 1.82) is 0 Å². The average Bonchev–Trinajstić information content (AvgIpc) is 3.75. The summed E-state index contributed by atoms with van der Waals surface area (Å²) < 4.78 is 39.4. The summed E-state index contributed by atoms with van der Waals surface area (Å²) in [6.45, 7) is 7.92. The van der Waals surface area contributed by atoms with Crippen LogP contribution in [0.4, 0.5) is 13.2 Å². The molecule has 0 saturated carbocycles. The number of nitrogens with zero attached hydrogens (tertiary/aromatic N) is 6. The molecule has 4 rings (SSSR count).